The Balaban J connectivity index is 2.40. The summed E-state index contributed by atoms with van der Waals surface area (Å²) in [4.78, 5) is 0. The normalized spacial score (nSPS) is 11.8. The van der Waals surface area contributed by atoms with Gasteiger partial charge in [0.2, 0.25) is 10.0 Å². The fraction of sp³-hybridized carbons (Fsp3) is 0.167. The molecule has 0 aliphatic heterocycles. The quantitative estimate of drug-likeness (QED) is 0.883. The van der Waals surface area contributed by atoms with E-state index < -0.39 is 10.0 Å². The van der Waals surface area contributed by atoms with Crippen molar-refractivity contribution in [2.75, 3.05) is 7.05 Å². The molecule has 0 saturated heterocycles. The highest BCUT2D eigenvalue weighted by Crippen LogP contribution is 2.16. The summed E-state index contributed by atoms with van der Waals surface area (Å²) in [6.07, 6.45) is 0. The van der Waals surface area contributed by atoms with Gasteiger partial charge in [0, 0.05) is 0 Å². The van der Waals surface area contributed by atoms with Crippen LogP contribution in [0.15, 0.2) is 42.5 Å². The van der Waals surface area contributed by atoms with Crippen molar-refractivity contribution in [3.05, 3.63) is 48.0 Å². The van der Waals surface area contributed by atoms with Gasteiger partial charge in [0.05, 0.1) is 5.75 Å². The van der Waals surface area contributed by atoms with Crippen LogP contribution in [0.4, 0.5) is 0 Å². The van der Waals surface area contributed by atoms with Crippen molar-refractivity contribution in [1.29, 1.82) is 0 Å². The number of hydrogen-bond donors (Lipinski definition) is 1. The molecule has 4 heteroatoms. The lowest BCUT2D eigenvalue weighted by molar-refractivity contribution is 0.587. The smallest absolute Gasteiger partial charge is 0.215 e. The van der Waals surface area contributed by atoms with Crippen molar-refractivity contribution in [2.45, 2.75) is 5.75 Å². The summed E-state index contributed by atoms with van der Waals surface area (Å²) >= 11 is 0. The van der Waals surface area contributed by atoms with E-state index in [0.717, 1.165) is 16.3 Å². The molecule has 1 N–H and O–H groups in total. The van der Waals surface area contributed by atoms with Crippen LogP contribution >= 0.6 is 0 Å². The summed E-state index contributed by atoms with van der Waals surface area (Å²) in [6, 6.07) is 13.6. The molecule has 0 heterocycles. The van der Waals surface area contributed by atoms with Crippen LogP contribution in [0.5, 0.6) is 0 Å². The zero-order valence-corrected chi connectivity index (χ0v) is 9.79. The van der Waals surface area contributed by atoms with Crippen LogP contribution in [0.3, 0.4) is 0 Å². The Kier molecular flexibility index (Phi) is 2.94. The highest BCUT2D eigenvalue weighted by Gasteiger charge is 2.08. The van der Waals surface area contributed by atoms with Gasteiger partial charge in [-0.2, -0.15) is 0 Å². The molecule has 0 unspecified atom stereocenters. The molecule has 0 aliphatic carbocycles. The van der Waals surface area contributed by atoms with Gasteiger partial charge in [0.25, 0.3) is 0 Å². The number of hydrogen-bond acceptors (Lipinski definition) is 2. The first-order valence-electron chi connectivity index (χ1n) is 5.00. The minimum atomic E-state index is -3.19. The van der Waals surface area contributed by atoms with Crippen LogP contribution in [0.25, 0.3) is 10.8 Å². The second-order valence-electron chi connectivity index (χ2n) is 3.64. The van der Waals surface area contributed by atoms with E-state index in [1.165, 1.54) is 7.05 Å². The lowest BCUT2D eigenvalue weighted by Crippen LogP contribution is -2.20. The molecule has 0 fully saturated rings. The third-order valence-corrected chi connectivity index (χ3v) is 3.82. The molecule has 0 atom stereocenters. The zero-order chi connectivity index (χ0) is 11.6. The third-order valence-electron chi connectivity index (χ3n) is 2.48. The largest absolute Gasteiger partial charge is 0.218 e. The number of sulfonamides is 1. The highest BCUT2D eigenvalue weighted by atomic mass is 32.2. The van der Waals surface area contributed by atoms with Crippen LogP contribution in [0.1, 0.15) is 5.56 Å². The molecular formula is C12H13NO2S. The predicted octanol–water partition coefficient (Wildman–Crippen LogP) is 1.89. The van der Waals surface area contributed by atoms with Crippen molar-refractivity contribution < 1.29 is 8.42 Å². The van der Waals surface area contributed by atoms with Crippen LogP contribution in [0.2, 0.25) is 0 Å². The van der Waals surface area contributed by atoms with E-state index in [1.807, 2.05) is 42.5 Å². The molecule has 0 amide bonds. The van der Waals surface area contributed by atoms with Crippen LogP contribution in [0, 0.1) is 0 Å². The Morgan fingerprint density at radius 1 is 1.06 bits per heavy atom. The Morgan fingerprint density at radius 3 is 2.44 bits per heavy atom. The van der Waals surface area contributed by atoms with Gasteiger partial charge in [-0.3, -0.25) is 0 Å². The second-order valence-corrected chi connectivity index (χ2v) is 5.57. The molecule has 0 spiro atoms. The van der Waals surface area contributed by atoms with Crippen molar-refractivity contribution in [3.8, 4) is 0 Å². The Hall–Kier alpha value is -1.39. The number of benzene rings is 2. The predicted molar refractivity (Wildman–Crippen MR) is 65.6 cm³/mol. The molecule has 3 nitrogen and oxygen atoms in total. The van der Waals surface area contributed by atoms with E-state index >= 15 is 0 Å². The number of nitrogens with one attached hydrogen (secondary N) is 1. The molecule has 2 aromatic rings. The van der Waals surface area contributed by atoms with Gasteiger partial charge >= 0.3 is 0 Å². The minimum Gasteiger partial charge on any atom is -0.218 e. The first-order valence-corrected chi connectivity index (χ1v) is 6.65. The Labute approximate surface area is 95.2 Å². The average Bonchev–Trinajstić information content (AvgIpc) is 2.28. The fourth-order valence-electron chi connectivity index (χ4n) is 1.62. The van der Waals surface area contributed by atoms with Gasteiger partial charge < -0.3 is 0 Å². The summed E-state index contributed by atoms with van der Waals surface area (Å²) in [5.41, 5.74) is 0.799. The molecule has 0 bridgehead atoms. The number of rotatable bonds is 3. The summed E-state index contributed by atoms with van der Waals surface area (Å²) in [6.45, 7) is 0. The molecule has 2 rings (SSSR count). The van der Waals surface area contributed by atoms with Gasteiger partial charge in [0.15, 0.2) is 0 Å². The van der Waals surface area contributed by atoms with Crippen LogP contribution in [-0.2, 0) is 15.8 Å². The molecule has 84 valence electrons. The fourth-order valence-corrected chi connectivity index (χ4v) is 2.38. The van der Waals surface area contributed by atoms with Gasteiger partial charge in [-0.25, -0.2) is 13.1 Å². The van der Waals surface area contributed by atoms with E-state index in [-0.39, 0.29) is 5.75 Å². The van der Waals surface area contributed by atoms with Gasteiger partial charge in [0.1, 0.15) is 0 Å². The first kappa shape index (κ1) is 11.1. The molecule has 0 aromatic heterocycles. The van der Waals surface area contributed by atoms with E-state index in [2.05, 4.69) is 4.72 Å². The zero-order valence-electron chi connectivity index (χ0n) is 8.97. The maximum absolute atomic E-state index is 11.4. The molecule has 0 saturated carbocycles. The topological polar surface area (TPSA) is 46.2 Å². The average molecular weight is 235 g/mol. The molecule has 16 heavy (non-hydrogen) atoms. The SMILES string of the molecule is CNS(=O)(=O)Cc1ccc2ccccc2c1. The molecule has 0 radical (unpaired) electrons. The Morgan fingerprint density at radius 2 is 1.75 bits per heavy atom. The third kappa shape index (κ3) is 2.40. The van der Waals surface area contributed by atoms with E-state index in [1.54, 1.807) is 0 Å². The molecule has 0 aliphatic rings. The highest BCUT2D eigenvalue weighted by molar-refractivity contribution is 7.88. The Bertz CT molecular complexity index is 605. The van der Waals surface area contributed by atoms with Crippen molar-refractivity contribution in [3.63, 3.8) is 0 Å². The summed E-state index contributed by atoms with van der Waals surface area (Å²) in [7, 11) is -1.76. The van der Waals surface area contributed by atoms with Crippen molar-refractivity contribution in [2.24, 2.45) is 0 Å². The van der Waals surface area contributed by atoms with Gasteiger partial charge in [-0.15, -0.1) is 0 Å². The first-order chi connectivity index (χ1) is 7.61. The van der Waals surface area contributed by atoms with Gasteiger partial charge in [-0.1, -0.05) is 42.5 Å². The van der Waals surface area contributed by atoms with E-state index in [4.69, 9.17) is 0 Å². The van der Waals surface area contributed by atoms with E-state index in [0.29, 0.717) is 0 Å². The van der Waals surface area contributed by atoms with Crippen molar-refractivity contribution in [1.82, 2.24) is 4.72 Å². The maximum Gasteiger partial charge on any atom is 0.215 e. The summed E-state index contributed by atoms with van der Waals surface area (Å²) in [5, 5.41) is 2.18. The minimum absolute atomic E-state index is 0.0222. The number of fused-ring (bicyclic) bond motifs is 1. The van der Waals surface area contributed by atoms with Gasteiger partial charge in [-0.05, 0) is 23.4 Å². The summed E-state index contributed by atoms with van der Waals surface area (Å²) in [5.74, 6) is 0.0222. The van der Waals surface area contributed by atoms with E-state index in [9.17, 15) is 8.42 Å². The molecule has 2 aromatic carbocycles. The standard InChI is InChI=1S/C12H13NO2S/c1-13-16(14,15)9-10-6-7-11-4-2-3-5-12(11)8-10/h2-8,13H,9H2,1H3. The lowest BCUT2D eigenvalue weighted by atomic mass is 10.1. The van der Waals surface area contributed by atoms with Crippen molar-refractivity contribution >= 4 is 20.8 Å². The monoisotopic (exact) mass is 235 g/mol. The van der Waals surface area contributed by atoms with Crippen LogP contribution in [-0.4, -0.2) is 15.5 Å². The summed E-state index contributed by atoms with van der Waals surface area (Å²) < 4.78 is 25.1. The molecular weight excluding hydrogens is 222 g/mol. The second kappa shape index (κ2) is 4.23. The lowest BCUT2D eigenvalue weighted by Gasteiger charge is -2.04. The maximum atomic E-state index is 11.4. The van der Waals surface area contributed by atoms with Crippen LogP contribution < -0.4 is 4.72 Å².